The Morgan fingerprint density at radius 3 is 3.00 bits per heavy atom. The van der Waals surface area contributed by atoms with Crippen LogP contribution < -0.4 is 5.73 Å². The molecule has 1 heterocycles. The highest BCUT2D eigenvalue weighted by Crippen LogP contribution is 2.16. The quantitative estimate of drug-likeness (QED) is 0.662. The molecule has 0 radical (unpaired) electrons. The van der Waals surface area contributed by atoms with E-state index in [1.54, 1.807) is 0 Å². The molecule has 2 N–H and O–H groups in total. The van der Waals surface area contributed by atoms with Crippen LogP contribution in [0.5, 0.6) is 0 Å². The molecule has 2 unspecified atom stereocenters. The zero-order valence-corrected chi connectivity index (χ0v) is 7.38. The Morgan fingerprint density at radius 1 is 1.45 bits per heavy atom. The van der Waals surface area contributed by atoms with Crippen LogP contribution in [0.1, 0.15) is 39.0 Å². The van der Waals surface area contributed by atoms with Gasteiger partial charge < -0.3 is 10.5 Å². The highest BCUT2D eigenvalue weighted by molar-refractivity contribution is 4.67. The van der Waals surface area contributed by atoms with Gasteiger partial charge in [0.15, 0.2) is 0 Å². The van der Waals surface area contributed by atoms with Gasteiger partial charge in [0.25, 0.3) is 0 Å². The van der Waals surface area contributed by atoms with Gasteiger partial charge in [0.2, 0.25) is 0 Å². The third-order valence-electron chi connectivity index (χ3n) is 2.16. The molecule has 1 aliphatic heterocycles. The number of rotatable bonds is 2. The average molecular weight is 157 g/mol. The number of hydrogen-bond acceptors (Lipinski definition) is 2. The predicted molar refractivity (Wildman–Crippen MR) is 46.5 cm³/mol. The highest BCUT2D eigenvalue weighted by Gasteiger charge is 2.13. The molecule has 1 fully saturated rings. The van der Waals surface area contributed by atoms with Crippen LogP contribution in [0, 0.1) is 0 Å². The van der Waals surface area contributed by atoms with Crippen molar-refractivity contribution in [3.63, 3.8) is 0 Å². The van der Waals surface area contributed by atoms with Crippen LogP contribution >= 0.6 is 0 Å². The maximum atomic E-state index is 5.69. The minimum Gasteiger partial charge on any atom is -0.378 e. The molecule has 0 aromatic carbocycles. The Balaban J connectivity index is 2.20. The topological polar surface area (TPSA) is 35.2 Å². The van der Waals surface area contributed by atoms with Gasteiger partial charge in [0.05, 0.1) is 6.10 Å². The van der Waals surface area contributed by atoms with Gasteiger partial charge in [-0.3, -0.25) is 0 Å². The first-order valence-corrected chi connectivity index (χ1v) is 4.66. The van der Waals surface area contributed by atoms with E-state index in [2.05, 4.69) is 0 Å². The van der Waals surface area contributed by atoms with Gasteiger partial charge in [0.1, 0.15) is 0 Å². The van der Waals surface area contributed by atoms with Crippen molar-refractivity contribution in [2.24, 2.45) is 5.73 Å². The zero-order valence-electron chi connectivity index (χ0n) is 7.38. The third kappa shape index (κ3) is 3.73. The van der Waals surface area contributed by atoms with Crippen molar-refractivity contribution in [3.8, 4) is 0 Å². The molecule has 1 rings (SSSR count). The fourth-order valence-electron chi connectivity index (χ4n) is 1.58. The van der Waals surface area contributed by atoms with Gasteiger partial charge in [-0.2, -0.15) is 0 Å². The molecule has 1 saturated heterocycles. The maximum Gasteiger partial charge on any atom is 0.0589 e. The van der Waals surface area contributed by atoms with Crippen LogP contribution in [-0.2, 0) is 4.74 Å². The molecule has 0 spiro atoms. The second-order valence-electron chi connectivity index (χ2n) is 3.56. The molecule has 0 bridgehead atoms. The molecule has 66 valence electrons. The van der Waals surface area contributed by atoms with Crippen molar-refractivity contribution in [1.82, 2.24) is 0 Å². The third-order valence-corrected chi connectivity index (χ3v) is 2.16. The van der Waals surface area contributed by atoms with E-state index < -0.39 is 0 Å². The summed E-state index contributed by atoms with van der Waals surface area (Å²) in [5, 5.41) is 0. The molecule has 0 amide bonds. The summed E-state index contributed by atoms with van der Waals surface area (Å²) in [6.07, 6.45) is 6.56. The summed E-state index contributed by atoms with van der Waals surface area (Å²) in [4.78, 5) is 0. The standard InChI is InChI=1S/C9H19NO/c1-8(10)7-9-5-3-2-4-6-11-9/h8-9H,2-7,10H2,1H3. The summed E-state index contributed by atoms with van der Waals surface area (Å²) in [5.41, 5.74) is 5.69. The largest absolute Gasteiger partial charge is 0.378 e. The van der Waals surface area contributed by atoms with Gasteiger partial charge in [-0.15, -0.1) is 0 Å². The lowest BCUT2D eigenvalue weighted by Crippen LogP contribution is -2.24. The molecule has 0 aliphatic carbocycles. The van der Waals surface area contributed by atoms with E-state index in [9.17, 15) is 0 Å². The second-order valence-corrected chi connectivity index (χ2v) is 3.56. The fraction of sp³-hybridized carbons (Fsp3) is 1.00. The van der Waals surface area contributed by atoms with Gasteiger partial charge in [-0.1, -0.05) is 12.8 Å². The van der Waals surface area contributed by atoms with Crippen LogP contribution in [0.25, 0.3) is 0 Å². The lowest BCUT2D eigenvalue weighted by atomic mass is 10.1. The van der Waals surface area contributed by atoms with E-state index in [-0.39, 0.29) is 6.04 Å². The van der Waals surface area contributed by atoms with Crippen molar-refractivity contribution in [3.05, 3.63) is 0 Å². The maximum absolute atomic E-state index is 5.69. The summed E-state index contributed by atoms with van der Waals surface area (Å²) < 4.78 is 5.63. The van der Waals surface area contributed by atoms with Gasteiger partial charge in [-0.05, 0) is 26.2 Å². The normalized spacial score (nSPS) is 29.5. The summed E-state index contributed by atoms with van der Waals surface area (Å²) in [6, 6.07) is 0.290. The highest BCUT2D eigenvalue weighted by atomic mass is 16.5. The van der Waals surface area contributed by atoms with E-state index >= 15 is 0 Å². The molecule has 1 aliphatic rings. The first-order chi connectivity index (χ1) is 5.29. The van der Waals surface area contributed by atoms with Crippen molar-refractivity contribution in [2.45, 2.75) is 51.2 Å². The monoisotopic (exact) mass is 157 g/mol. The summed E-state index contributed by atoms with van der Waals surface area (Å²) >= 11 is 0. The smallest absolute Gasteiger partial charge is 0.0589 e. The molecule has 0 aromatic heterocycles. The van der Waals surface area contributed by atoms with Crippen molar-refractivity contribution in [1.29, 1.82) is 0 Å². The zero-order chi connectivity index (χ0) is 8.10. The number of nitrogens with two attached hydrogens (primary N) is 1. The van der Waals surface area contributed by atoms with Crippen LogP contribution in [0.4, 0.5) is 0 Å². The van der Waals surface area contributed by atoms with E-state index in [1.807, 2.05) is 6.92 Å². The first kappa shape index (κ1) is 9.01. The van der Waals surface area contributed by atoms with Crippen molar-refractivity contribution in [2.75, 3.05) is 6.61 Å². The summed E-state index contributed by atoms with van der Waals surface area (Å²) in [7, 11) is 0. The summed E-state index contributed by atoms with van der Waals surface area (Å²) in [6.45, 7) is 2.99. The molecule has 2 atom stereocenters. The Bertz CT molecular complexity index is 95.7. The molecule has 11 heavy (non-hydrogen) atoms. The first-order valence-electron chi connectivity index (χ1n) is 4.66. The Hall–Kier alpha value is -0.0800. The minimum absolute atomic E-state index is 0.290. The molecular weight excluding hydrogens is 138 g/mol. The van der Waals surface area contributed by atoms with Gasteiger partial charge in [0, 0.05) is 12.6 Å². The molecule has 2 nitrogen and oxygen atoms in total. The Morgan fingerprint density at radius 2 is 2.27 bits per heavy atom. The summed E-state index contributed by atoms with van der Waals surface area (Å²) in [5.74, 6) is 0. The van der Waals surface area contributed by atoms with Crippen LogP contribution in [-0.4, -0.2) is 18.8 Å². The molecule has 0 saturated carbocycles. The lowest BCUT2D eigenvalue weighted by molar-refractivity contribution is 0.0493. The van der Waals surface area contributed by atoms with Crippen molar-refractivity contribution < 1.29 is 4.74 Å². The predicted octanol–water partition coefficient (Wildman–Crippen LogP) is 1.68. The van der Waals surface area contributed by atoms with E-state index in [4.69, 9.17) is 10.5 Å². The number of ether oxygens (including phenoxy) is 1. The molecule has 2 heteroatoms. The SMILES string of the molecule is CC(N)CC1CCCCCO1. The van der Waals surface area contributed by atoms with Crippen molar-refractivity contribution >= 4 is 0 Å². The van der Waals surface area contributed by atoms with Gasteiger partial charge >= 0.3 is 0 Å². The van der Waals surface area contributed by atoms with Gasteiger partial charge in [-0.25, -0.2) is 0 Å². The fourth-order valence-corrected chi connectivity index (χ4v) is 1.58. The minimum atomic E-state index is 0.290. The molecule has 0 aromatic rings. The van der Waals surface area contributed by atoms with Crippen LogP contribution in [0.3, 0.4) is 0 Å². The van der Waals surface area contributed by atoms with E-state index in [0.717, 1.165) is 13.0 Å². The van der Waals surface area contributed by atoms with E-state index in [1.165, 1.54) is 25.7 Å². The van der Waals surface area contributed by atoms with E-state index in [0.29, 0.717) is 6.10 Å². The lowest BCUT2D eigenvalue weighted by Gasteiger charge is -2.16. The number of hydrogen-bond donors (Lipinski definition) is 1. The van der Waals surface area contributed by atoms with Crippen LogP contribution in [0.2, 0.25) is 0 Å². The molecular formula is C9H19NO. The van der Waals surface area contributed by atoms with Crippen LogP contribution in [0.15, 0.2) is 0 Å². The average Bonchev–Trinajstić information content (AvgIpc) is 2.14. The second kappa shape index (κ2) is 4.73. The Labute approximate surface area is 69.1 Å². The Kier molecular flexibility index (Phi) is 3.87.